The van der Waals surface area contributed by atoms with Gasteiger partial charge < -0.3 is 10.2 Å². The fourth-order valence-corrected chi connectivity index (χ4v) is 4.04. The van der Waals surface area contributed by atoms with E-state index < -0.39 is 10.0 Å². The number of carbonyl (C=O) groups is 1. The Morgan fingerprint density at radius 3 is 2.26 bits per heavy atom. The summed E-state index contributed by atoms with van der Waals surface area (Å²) < 4.78 is 23.4. The van der Waals surface area contributed by atoms with Crippen molar-refractivity contribution in [3.63, 3.8) is 0 Å². The van der Waals surface area contributed by atoms with Crippen molar-refractivity contribution < 1.29 is 13.2 Å². The molecule has 1 aromatic carbocycles. The molecule has 3 N–H and O–H groups in total. The third-order valence-corrected chi connectivity index (χ3v) is 5.90. The van der Waals surface area contributed by atoms with Crippen LogP contribution in [-0.2, 0) is 14.8 Å². The maximum Gasteiger partial charge on any atom is 0.238 e. The highest BCUT2D eigenvalue weighted by molar-refractivity contribution is 7.89. The summed E-state index contributed by atoms with van der Waals surface area (Å²) in [5, 5.41) is 8.18. The van der Waals surface area contributed by atoms with Gasteiger partial charge in [0.2, 0.25) is 15.9 Å². The summed E-state index contributed by atoms with van der Waals surface area (Å²) in [7, 11) is -3.83. The van der Waals surface area contributed by atoms with Gasteiger partial charge in [-0.1, -0.05) is 19.3 Å². The van der Waals surface area contributed by atoms with Crippen LogP contribution < -0.4 is 15.4 Å². The zero-order valence-corrected chi connectivity index (χ0v) is 17.2. The number of primary sulfonamides is 1. The van der Waals surface area contributed by atoms with Crippen LogP contribution in [0.1, 0.15) is 46.0 Å². The van der Waals surface area contributed by atoms with Crippen LogP contribution in [0.25, 0.3) is 0 Å². The molecule has 0 unspecified atom stereocenters. The molecule has 7 nitrogen and oxygen atoms in total. The lowest BCUT2D eigenvalue weighted by Gasteiger charge is -2.26. The van der Waals surface area contributed by atoms with Crippen LogP contribution >= 0.6 is 0 Å². The lowest BCUT2D eigenvalue weighted by molar-refractivity contribution is -0.117. The number of benzene rings is 1. The summed E-state index contributed by atoms with van der Waals surface area (Å²) in [6.07, 6.45) is 5.91. The summed E-state index contributed by atoms with van der Waals surface area (Å²) in [4.78, 5) is 16.9. The topological polar surface area (TPSA) is 95.7 Å². The number of anilines is 2. The number of nitrogens with one attached hydrogen (secondary N) is 1. The molecular formula is C19H32N4O3S. The second-order valence-corrected chi connectivity index (χ2v) is 8.55. The number of hydrogen-bond acceptors (Lipinski definition) is 5. The highest BCUT2D eigenvalue weighted by Crippen LogP contribution is 2.28. The number of likely N-dealkylation sites (tertiary alicyclic amines) is 1. The van der Waals surface area contributed by atoms with Gasteiger partial charge in [0.05, 0.1) is 22.8 Å². The fraction of sp³-hybridized carbons (Fsp3) is 0.632. The lowest BCUT2D eigenvalue weighted by Crippen LogP contribution is -2.35. The van der Waals surface area contributed by atoms with Gasteiger partial charge in [0.25, 0.3) is 0 Å². The van der Waals surface area contributed by atoms with Gasteiger partial charge in [-0.2, -0.15) is 0 Å². The second kappa shape index (κ2) is 10.1. The number of rotatable bonds is 7. The molecule has 1 saturated heterocycles. The minimum atomic E-state index is -3.83. The Morgan fingerprint density at radius 1 is 1.11 bits per heavy atom. The first-order valence-electron chi connectivity index (χ1n) is 9.79. The van der Waals surface area contributed by atoms with E-state index in [0.29, 0.717) is 12.2 Å². The first kappa shape index (κ1) is 21.7. The molecule has 1 aliphatic heterocycles. The van der Waals surface area contributed by atoms with Crippen molar-refractivity contribution in [3.05, 3.63) is 18.2 Å². The van der Waals surface area contributed by atoms with E-state index in [0.717, 1.165) is 44.7 Å². The third kappa shape index (κ3) is 6.48. The SMILES string of the molecule is CCN(CC)c1ccc(S(N)(=O)=O)cc1NC(=O)CN1CCCCCCC1. The summed E-state index contributed by atoms with van der Waals surface area (Å²) in [5.74, 6) is -0.129. The first-order valence-corrected chi connectivity index (χ1v) is 11.3. The molecule has 0 spiro atoms. The lowest BCUT2D eigenvalue weighted by atomic mass is 10.1. The van der Waals surface area contributed by atoms with Crippen LogP contribution in [0.5, 0.6) is 0 Å². The summed E-state index contributed by atoms with van der Waals surface area (Å²) >= 11 is 0. The third-order valence-electron chi connectivity index (χ3n) is 4.99. The molecule has 0 radical (unpaired) electrons. The van der Waals surface area contributed by atoms with Gasteiger partial charge in [0, 0.05) is 13.1 Å². The molecule has 8 heteroatoms. The van der Waals surface area contributed by atoms with Gasteiger partial charge in [0.1, 0.15) is 0 Å². The molecule has 2 rings (SSSR count). The zero-order valence-electron chi connectivity index (χ0n) is 16.4. The largest absolute Gasteiger partial charge is 0.370 e. The Kier molecular flexibility index (Phi) is 8.07. The van der Waals surface area contributed by atoms with Crippen LogP contribution in [0, 0.1) is 0 Å². The Bertz CT molecular complexity index is 724. The smallest absolute Gasteiger partial charge is 0.238 e. The average Bonchev–Trinajstić information content (AvgIpc) is 2.58. The molecule has 1 amide bonds. The predicted molar refractivity (Wildman–Crippen MR) is 110 cm³/mol. The predicted octanol–water partition coefficient (Wildman–Crippen LogP) is 2.38. The van der Waals surface area contributed by atoms with E-state index in [-0.39, 0.29) is 10.8 Å². The average molecular weight is 397 g/mol. The number of amides is 1. The fourth-order valence-electron chi connectivity index (χ4n) is 3.50. The van der Waals surface area contributed by atoms with Gasteiger partial charge >= 0.3 is 0 Å². The van der Waals surface area contributed by atoms with Crippen LogP contribution in [0.15, 0.2) is 23.1 Å². The van der Waals surface area contributed by atoms with Gasteiger partial charge in [0.15, 0.2) is 0 Å². The van der Waals surface area contributed by atoms with E-state index in [1.807, 2.05) is 13.8 Å². The van der Waals surface area contributed by atoms with E-state index in [2.05, 4.69) is 15.1 Å². The van der Waals surface area contributed by atoms with Gasteiger partial charge in [-0.3, -0.25) is 9.69 Å². The second-order valence-electron chi connectivity index (χ2n) is 6.99. The van der Waals surface area contributed by atoms with E-state index >= 15 is 0 Å². The highest BCUT2D eigenvalue weighted by Gasteiger charge is 2.18. The van der Waals surface area contributed by atoms with Crippen molar-refractivity contribution in [3.8, 4) is 0 Å². The van der Waals surface area contributed by atoms with Crippen molar-refractivity contribution in [2.75, 3.05) is 42.9 Å². The van der Waals surface area contributed by atoms with Gasteiger partial charge in [-0.05, 0) is 58.0 Å². The Morgan fingerprint density at radius 2 is 1.70 bits per heavy atom. The van der Waals surface area contributed by atoms with Gasteiger partial charge in [-0.15, -0.1) is 0 Å². The van der Waals surface area contributed by atoms with E-state index in [1.54, 1.807) is 6.07 Å². The first-order chi connectivity index (χ1) is 12.8. The summed E-state index contributed by atoms with van der Waals surface area (Å²) in [6.45, 7) is 7.70. The number of nitrogens with zero attached hydrogens (tertiary/aromatic N) is 2. The molecule has 27 heavy (non-hydrogen) atoms. The van der Waals surface area contributed by atoms with Gasteiger partial charge in [-0.25, -0.2) is 13.6 Å². The number of carbonyl (C=O) groups excluding carboxylic acids is 1. The molecule has 0 aromatic heterocycles. The number of nitrogens with two attached hydrogens (primary N) is 1. The van der Waals surface area contributed by atoms with Crippen molar-refractivity contribution in [2.24, 2.45) is 5.14 Å². The van der Waals surface area contributed by atoms with Crippen molar-refractivity contribution in [1.29, 1.82) is 0 Å². The highest BCUT2D eigenvalue weighted by atomic mass is 32.2. The van der Waals surface area contributed by atoms with Crippen LogP contribution in [-0.4, -0.2) is 51.9 Å². The van der Waals surface area contributed by atoms with Crippen LogP contribution in [0.3, 0.4) is 0 Å². The maximum atomic E-state index is 12.6. The molecule has 152 valence electrons. The van der Waals surface area contributed by atoms with Crippen molar-refractivity contribution in [1.82, 2.24) is 4.90 Å². The van der Waals surface area contributed by atoms with E-state index in [4.69, 9.17) is 5.14 Å². The van der Waals surface area contributed by atoms with Crippen molar-refractivity contribution in [2.45, 2.75) is 50.8 Å². The molecule has 0 bridgehead atoms. The molecule has 1 aliphatic rings. The normalized spacial score (nSPS) is 16.4. The number of sulfonamides is 1. The summed E-state index contributed by atoms with van der Waals surface area (Å²) in [5.41, 5.74) is 1.29. The molecule has 0 aliphatic carbocycles. The standard InChI is InChI=1S/C19H32N4O3S/c1-3-23(4-2)18-11-10-16(27(20,25)26)14-17(18)21-19(24)15-22-12-8-6-5-7-9-13-22/h10-11,14H,3-9,12-13,15H2,1-2H3,(H,21,24)(H2,20,25,26). The van der Waals surface area contributed by atoms with Crippen LogP contribution in [0.4, 0.5) is 11.4 Å². The van der Waals surface area contributed by atoms with Crippen molar-refractivity contribution >= 4 is 27.3 Å². The molecule has 0 saturated carbocycles. The molecule has 1 heterocycles. The number of hydrogen-bond donors (Lipinski definition) is 2. The Balaban J connectivity index is 2.19. The molecule has 0 atom stereocenters. The molecule has 1 fully saturated rings. The maximum absolute atomic E-state index is 12.6. The van der Waals surface area contributed by atoms with E-state index in [1.165, 1.54) is 31.4 Å². The monoisotopic (exact) mass is 396 g/mol. The Labute approximate surface area is 163 Å². The Hall–Kier alpha value is -1.64. The summed E-state index contributed by atoms with van der Waals surface area (Å²) in [6, 6.07) is 4.64. The van der Waals surface area contributed by atoms with Crippen LogP contribution in [0.2, 0.25) is 0 Å². The minimum Gasteiger partial charge on any atom is -0.370 e. The zero-order chi connectivity index (χ0) is 19.9. The quantitative estimate of drug-likeness (QED) is 0.738. The molecule has 1 aromatic rings. The molecular weight excluding hydrogens is 364 g/mol. The van der Waals surface area contributed by atoms with E-state index in [9.17, 15) is 13.2 Å². The minimum absolute atomic E-state index is 0.0000313.